The Morgan fingerprint density at radius 1 is 1.47 bits per heavy atom. The third-order valence-corrected chi connectivity index (χ3v) is 2.47. The molecule has 0 saturated heterocycles. The smallest absolute Gasteiger partial charge is 0.303 e. The lowest BCUT2D eigenvalue weighted by molar-refractivity contribution is 0.0764. The molecule has 0 aromatic carbocycles. The van der Waals surface area contributed by atoms with E-state index in [2.05, 4.69) is 16.4 Å². The quantitative estimate of drug-likeness (QED) is 0.538. The van der Waals surface area contributed by atoms with Crippen LogP contribution >= 0.6 is 7.82 Å². The average molecular weight is 230 g/mol. The maximum atomic E-state index is 10.8. The van der Waals surface area contributed by atoms with Crippen LogP contribution in [0.1, 0.15) is 32.6 Å². The summed E-state index contributed by atoms with van der Waals surface area (Å²) in [5.74, 6) is 4.53. The molecular formula is C10H15O4P. The van der Waals surface area contributed by atoms with Crippen molar-refractivity contribution in [3.63, 3.8) is 0 Å². The van der Waals surface area contributed by atoms with Crippen molar-refractivity contribution in [3.8, 4) is 24.7 Å². The minimum atomic E-state index is -4.61. The summed E-state index contributed by atoms with van der Waals surface area (Å²) in [5.41, 5.74) is -1.34. The number of terminal acetylenes is 2. The lowest BCUT2D eigenvalue weighted by atomic mass is 9.94. The monoisotopic (exact) mass is 230 g/mol. The second-order valence-electron chi connectivity index (χ2n) is 3.20. The van der Waals surface area contributed by atoms with Gasteiger partial charge >= 0.3 is 7.82 Å². The highest BCUT2D eigenvalue weighted by Gasteiger charge is 2.35. The molecule has 0 aromatic rings. The van der Waals surface area contributed by atoms with Crippen LogP contribution in [0, 0.1) is 24.7 Å². The van der Waals surface area contributed by atoms with Crippen LogP contribution in [0.3, 0.4) is 0 Å². The van der Waals surface area contributed by atoms with E-state index in [0.29, 0.717) is 12.8 Å². The zero-order valence-electron chi connectivity index (χ0n) is 8.64. The number of phosphoric ester groups is 1. The summed E-state index contributed by atoms with van der Waals surface area (Å²) in [5, 5.41) is 0. The van der Waals surface area contributed by atoms with Crippen LogP contribution in [0.4, 0.5) is 0 Å². The molecule has 0 aliphatic heterocycles. The van der Waals surface area contributed by atoms with Gasteiger partial charge in [-0.3, -0.25) is 4.52 Å². The van der Waals surface area contributed by atoms with Crippen molar-refractivity contribution in [3.05, 3.63) is 0 Å². The van der Waals surface area contributed by atoms with Crippen molar-refractivity contribution in [1.29, 1.82) is 0 Å². The molecule has 2 N–H and O–H groups in total. The minimum absolute atomic E-state index is 0.00535. The van der Waals surface area contributed by atoms with Gasteiger partial charge in [-0.2, -0.15) is 0 Å². The first kappa shape index (κ1) is 14.2. The molecule has 1 atom stereocenters. The van der Waals surface area contributed by atoms with Gasteiger partial charge in [0.25, 0.3) is 0 Å². The average Bonchev–Trinajstić information content (AvgIpc) is 2.12. The molecule has 84 valence electrons. The third-order valence-electron chi connectivity index (χ3n) is 1.88. The number of rotatable bonds is 6. The standard InChI is InChI=1S/C10H15O4P/c1-4-7-9-10(6-3,8-5-2)14-15(11,12)13/h2-3H,4,7-9H2,1H3,(H2,11,12,13). The Balaban J connectivity index is 4.76. The minimum Gasteiger partial charge on any atom is -0.303 e. The zero-order chi connectivity index (χ0) is 11.9. The molecule has 0 amide bonds. The summed E-state index contributed by atoms with van der Waals surface area (Å²) in [6.07, 6.45) is 12.2. The van der Waals surface area contributed by atoms with Crippen LogP contribution in [0.2, 0.25) is 0 Å². The Kier molecular flexibility index (Phi) is 5.65. The van der Waals surface area contributed by atoms with Gasteiger partial charge in [0.2, 0.25) is 0 Å². The molecular weight excluding hydrogens is 215 g/mol. The lowest BCUT2D eigenvalue weighted by Gasteiger charge is -2.26. The van der Waals surface area contributed by atoms with E-state index < -0.39 is 13.4 Å². The summed E-state index contributed by atoms with van der Waals surface area (Å²) in [7, 11) is -4.61. The first-order valence-corrected chi connectivity index (χ1v) is 6.09. The van der Waals surface area contributed by atoms with Gasteiger partial charge in [0.1, 0.15) is 0 Å². The summed E-state index contributed by atoms with van der Waals surface area (Å²) >= 11 is 0. The van der Waals surface area contributed by atoms with Gasteiger partial charge in [0, 0.05) is 6.42 Å². The fraction of sp³-hybridized carbons (Fsp3) is 0.600. The summed E-state index contributed by atoms with van der Waals surface area (Å²) in [6, 6.07) is 0. The van der Waals surface area contributed by atoms with E-state index in [1.54, 1.807) is 0 Å². The van der Waals surface area contributed by atoms with Crippen molar-refractivity contribution in [2.75, 3.05) is 0 Å². The first-order chi connectivity index (χ1) is 6.89. The van der Waals surface area contributed by atoms with Crippen molar-refractivity contribution in [2.24, 2.45) is 0 Å². The maximum Gasteiger partial charge on any atom is 0.471 e. The molecule has 1 unspecified atom stereocenters. The summed E-state index contributed by atoms with van der Waals surface area (Å²) in [6.45, 7) is 1.94. The Labute approximate surface area is 90.3 Å². The Hall–Kier alpha value is -0.770. The Morgan fingerprint density at radius 2 is 2.07 bits per heavy atom. The Morgan fingerprint density at radius 3 is 2.40 bits per heavy atom. The van der Waals surface area contributed by atoms with E-state index in [1.807, 2.05) is 6.92 Å². The second-order valence-corrected chi connectivity index (χ2v) is 4.37. The first-order valence-electron chi connectivity index (χ1n) is 4.56. The van der Waals surface area contributed by atoms with Crippen LogP contribution in [0.15, 0.2) is 0 Å². The molecule has 0 fully saturated rings. The molecule has 15 heavy (non-hydrogen) atoms. The van der Waals surface area contributed by atoms with E-state index in [-0.39, 0.29) is 6.42 Å². The lowest BCUT2D eigenvalue weighted by Crippen LogP contribution is -2.29. The van der Waals surface area contributed by atoms with Crippen LogP contribution in [-0.2, 0) is 9.09 Å². The summed E-state index contributed by atoms with van der Waals surface area (Å²) in [4.78, 5) is 17.5. The molecule has 0 aliphatic rings. The van der Waals surface area contributed by atoms with Crippen LogP contribution in [-0.4, -0.2) is 15.4 Å². The van der Waals surface area contributed by atoms with Gasteiger partial charge in [0.05, 0.1) is 0 Å². The number of hydrogen-bond acceptors (Lipinski definition) is 2. The van der Waals surface area contributed by atoms with E-state index in [0.717, 1.165) is 6.42 Å². The zero-order valence-corrected chi connectivity index (χ0v) is 9.54. The fourth-order valence-electron chi connectivity index (χ4n) is 1.17. The van der Waals surface area contributed by atoms with E-state index in [4.69, 9.17) is 22.6 Å². The molecule has 0 heterocycles. The highest BCUT2D eigenvalue weighted by molar-refractivity contribution is 7.46. The number of phosphoric acid groups is 1. The molecule has 0 aromatic heterocycles. The normalized spacial score (nSPS) is 15.0. The van der Waals surface area contributed by atoms with Crippen molar-refractivity contribution < 1.29 is 18.9 Å². The molecule has 0 saturated carbocycles. The molecule has 4 nitrogen and oxygen atoms in total. The second kappa shape index (κ2) is 5.95. The van der Waals surface area contributed by atoms with Crippen LogP contribution < -0.4 is 0 Å². The van der Waals surface area contributed by atoms with E-state index in [1.165, 1.54) is 0 Å². The third kappa shape index (κ3) is 5.62. The van der Waals surface area contributed by atoms with Crippen LogP contribution in [0.5, 0.6) is 0 Å². The summed E-state index contributed by atoms with van der Waals surface area (Å²) < 4.78 is 15.4. The molecule has 5 heteroatoms. The van der Waals surface area contributed by atoms with E-state index in [9.17, 15) is 4.57 Å². The highest BCUT2D eigenvalue weighted by atomic mass is 31.2. The Bertz CT molecular complexity index is 319. The van der Waals surface area contributed by atoms with Crippen molar-refractivity contribution in [2.45, 2.75) is 38.2 Å². The number of hydrogen-bond donors (Lipinski definition) is 2. The van der Waals surface area contributed by atoms with Gasteiger partial charge in [-0.15, -0.1) is 18.8 Å². The van der Waals surface area contributed by atoms with Crippen LogP contribution in [0.25, 0.3) is 0 Å². The van der Waals surface area contributed by atoms with E-state index >= 15 is 0 Å². The van der Waals surface area contributed by atoms with Gasteiger partial charge in [-0.1, -0.05) is 19.3 Å². The highest BCUT2D eigenvalue weighted by Crippen LogP contribution is 2.44. The van der Waals surface area contributed by atoms with Gasteiger partial charge in [-0.25, -0.2) is 4.57 Å². The maximum absolute atomic E-state index is 10.8. The SMILES string of the molecule is C#CCC(C#C)(CCCC)OP(=O)(O)O. The fourth-order valence-corrected chi connectivity index (χ4v) is 1.83. The molecule has 0 aliphatic carbocycles. The predicted octanol–water partition coefficient (Wildman–Crippen LogP) is 1.68. The molecule has 0 rings (SSSR count). The van der Waals surface area contributed by atoms with Gasteiger partial charge in [0.15, 0.2) is 5.60 Å². The van der Waals surface area contributed by atoms with Gasteiger partial charge in [-0.05, 0) is 12.8 Å². The molecule has 0 spiro atoms. The largest absolute Gasteiger partial charge is 0.471 e. The van der Waals surface area contributed by atoms with Crippen molar-refractivity contribution >= 4 is 7.82 Å². The topological polar surface area (TPSA) is 66.8 Å². The van der Waals surface area contributed by atoms with Gasteiger partial charge < -0.3 is 9.79 Å². The predicted molar refractivity (Wildman–Crippen MR) is 57.7 cm³/mol. The molecule has 0 bridgehead atoms. The number of unbranched alkanes of at least 4 members (excludes halogenated alkanes) is 1. The van der Waals surface area contributed by atoms with Crippen molar-refractivity contribution in [1.82, 2.24) is 0 Å². The molecule has 0 radical (unpaired) electrons.